The Morgan fingerprint density at radius 1 is 1.33 bits per heavy atom. The Balaban J connectivity index is 2.24. The fourth-order valence-corrected chi connectivity index (χ4v) is 3.71. The Morgan fingerprint density at radius 3 is 2.62 bits per heavy atom. The maximum atomic E-state index is 12.4. The highest BCUT2D eigenvalue weighted by Crippen LogP contribution is 2.39. The maximum absolute atomic E-state index is 12.4. The Kier molecular flexibility index (Phi) is 5.39. The standard InChI is InChI=1S/C11H6Br2ClF3N2OS/c12-5-1-7(13)9(8(2-5)20-11(15,16)17)18-3-6-4-19-10(14)21-6/h1-2,4,18H,3H2. The van der Waals surface area contributed by atoms with E-state index in [2.05, 4.69) is 46.9 Å². The molecule has 0 aliphatic rings. The summed E-state index contributed by atoms with van der Waals surface area (Å²) >= 11 is 13.3. The monoisotopic (exact) mass is 464 g/mol. The third-order valence-corrected chi connectivity index (χ3v) is 4.41. The summed E-state index contributed by atoms with van der Waals surface area (Å²) in [5.74, 6) is -0.334. The van der Waals surface area contributed by atoms with E-state index in [9.17, 15) is 13.2 Å². The van der Waals surface area contributed by atoms with Crippen LogP contribution in [0.3, 0.4) is 0 Å². The molecule has 21 heavy (non-hydrogen) atoms. The average molecular weight is 467 g/mol. The molecule has 10 heteroatoms. The van der Waals surface area contributed by atoms with Crippen molar-refractivity contribution in [3.63, 3.8) is 0 Å². The number of nitrogens with one attached hydrogen (secondary N) is 1. The van der Waals surface area contributed by atoms with Gasteiger partial charge in [-0.25, -0.2) is 4.98 Å². The second kappa shape index (κ2) is 6.72. The molecule has 0 aliphatic carbocycles. The van der Waals surface area contributed by atoms with Crippen LogP contribution in [0.4, 0.5) is 18.9 Å². The van der Waals surface area contributed by atoms with Gasteiger partial charge < -0.3 is 10.1 Å². The molecule has 0 radical (unpaired) electrons. The minimum absolute atomic E-state index is 0.194. The lowest BCUT2D eigenvalue weighted by Gasteiger charge is -2.16. The number of ether oxygens (including phenoxy) is 1. The number of benzene rings is 1. The molecule has 0 unspecified atom stereocenters. The molecule has 0 saturated heterocycles. The Bertz CT molecular complexity index is 651. The number of nitrogens with zero attached hydrogens (tertiary/aromatic N) is 1. The number of alkyl halides is 3. The largest absolute Gasteiger partial charge is 0.573 e. The molecule has 0 amide bonds. The van der Waals surface area contributed by atoms with Gasteiger partial charge in [-0.05, 0) is 28.1 Å². The zero-order valence-corrected chi connectivity index (χ0v) is 14.7. The van der Waals surface area contributed by atoms with E-state index in [0.29, 0.717) is 13.4 Å². The molecule has 1 N–H and O–H groups in total. The molecule has 1 heterocycles. The van der Waals surface area contributed by atoms with Crippen molar-refractivity contribution in [2.24, 2.45) is 0 Å². The molecular weight excluding hydrogens is 460 g/mol. The predicted octanol–water partition coefficient (Wildman–Crippen LogP) is 5.83. The summed E-state index contributed by atoms with van der Waals surface area (Å²) in [6.07, 6.45) is -3.22. The summed E-state index contributed by atoms with van der Waals surface area (Å²) in [4.78, 5) is 4.65. The molecule has 2 rings (SSSR count). The lowest BCUT2D eigenvalue weighted by atomic mass is 10.3. The van der Waals surface area contributed by atoms with Crippen molar-refractivity contribution >= 4 is 60.5 Å². The highest BCUT2D eigenvalue weighted by atomic mass is 79.9. The number of rotatable bonds is 4. The molecule has 0 fully saturated rings. The van der Waals surface area contributed by atoms with Gasteiger partial charge in [-0.3, -0.25) is 0 Å². The van der Waals surface area contributed by atoms with Gasteiger partial charge in [-0.2, -0.15) is 0 Å². The van der Waals surface area contributed by atoms with Crippen LogP contribution in [-0.4, -0.2) is 11.3 Å². The summed E-state index contributed by atoms with van der Waals surface area (Å²) in [7, 11) is 0. The quantitative estimate of drug-likeness (QED) is 0.616. The third kappa shape index (κ3) is 5.01. The van der Waals surface area contributed by atoms with Crippen molar-refractivity contribution in [1.82, 2.24) is 4.98 Å². The summed E-state index contributed by atoms with van der Waals surface area (Å²) in [6, 6.07) is 2.85. The van der Waals surface area contributed by atoms with Gasteiger partial charge in [0.1, 0.15) is 0 Å². The van der Waals surface area contributed by atoms with E-state index in [-0.39, 0.29) is 18.0 Å². The van der Waals surface area contributed by atoms with Crippen LogP contribution in [0.1, 0.15) is 4.88 Å². The van der Waals surface area contributed by atoms with Gasteiger partial charge in [0.2, 0.25) is 0 Å². The predicted molar refractivity (Wildman–Crippen MR) is 83.0 cm³/mol. The number of halogens is 6. The van der Waals surface area contributed by atoms with E-state index in [1.54, 1.807) is 12.3 Å². The fourth-order valence-electron chi connectivity index (χ4n) is 1.47. The van der Waals surface area contributed by atoms with Crippen LogP contribution in [-0.2, 0) is 6.54 Å². The second-order valence-corrected chi connectivity index (χ2v) is 7.21. The normalized spacial score (nSPS) is 11.5. The zero-order chi connectivity index (χ0) is 15.6. The van der Waals surface area contributed by atoms with Gasteiger partial charge in [-0.1, -0.05) is 27.5 Å². The van der Waals surface area contributed by atoms with Crippen molar-refractivity contribution in [1.29, 1.82) is 0 Å². The van der Waals surface area contributed by atoms with Crippen molar-refractivity contribution in [2.45, 2.75) is 12.9 Å². The van der Waals surface area contributed by atoms with Gasteiger partial charge in [-0.15, -0.1) is 24.5 Å². The summed E-state index contributed by atoms with van der Waals surface area (Å²) in [6.45, 7) is 0.277. The van der Waals surface area contributed by atoms with E-state index >= 15 is 0 Å². The first-order valence-electron chi connectivity index (χ1n) is 5.33. The molecule has 2 aromatic rings. The van der Waals surface area contributed by atoms with Crippen molar-refractivity contribution in [3.8, 4) is 5.75 Å². The first kappa shape index (κ1) is 16.9. The van der Waals surface area contributed by atoms with Crippen molar-refractivity contribution in [3.05, 3.63) is 36.6 Å². The van der Waals surface area contributed by atoms with Crippen LogP contribution in [0.2, 0.25) is 4.47 Å². The van der Waals surface area contributed by atoms with Crippen LogP contribution in [0.25, 0.3) is 0 Å². The highest BCUT2D eigenvalue weighted by Gasteiger charge is 2.32. The Hall–Kier alpha value is -0.510. The molecule has 3 nitrogen and oxygen atoms in total. The fraction of sp³-hybridized carbons (Fsp3) is 0.182. The maximum Gasteiger partial charge on any atom is 0.573 e. The van der Waals surface area contributed by atoms with Crippen LogP contribution in [0, 0.1) is 0 Å². The second-order valence-electron chi connectivity index (χ2n) is 3.74. The molecule has 0 aliphatic heterocycles. The molecular formula is C11H6Br2ClF3N2OS. The number of aromatic nitrogens is 1. The van der Waals surface area contributed by atoms with E-state index < -0.39 is 6.36 Å². The van der Waals surface area contributed by atoms with Crippen LogP contribution >= 0.6 is 54.8 Å². The Morgan fingerprint density at radius 2 is 2.05 bits per heavy atom. The van der Waals surface area contributed by atoms with E-state index in [4.69, 9.17) is 11.6 Å². The SMILES string of the molecule is FC(F)(F)Oc1cc(Br)cc(Br)c1NCc1cnc(Cl)s1. The van der Waals surface area contributed by atoms with E-state index in [1.165, 1.54) is 17.4 Å². The molecule has 0 bridgehead atoms. The molecule has 114 valence electrons. The lowest BCUT2D eigenvalue weighted by Crippen LogP contribution is -2.18. The van der Waals surface area contributed by atoms with Crippen molar-refractivity contribution < 1.29 is 17.9 Å². The lowest BCUT2D eigenvalue weighted by molar-refractivity contribution is -0.274. The zero-order valence-electron chi connectivity index (χ0n) is 9.97. The average Bonchev–Trinajstić information content (AvgIpc) is 2.71. The molecule has 0 spiro atoms. The molecule has 0 atom stereocenters. The molecule has 1 aromatic heterocycles. The molecule has 0 saturated carbocycles. The minimum Gasteiger partial charge on any atom is -0.403 e. The summed E-state index contributed by atoms with van der Waals surface area (Å²) in [5, 5.41) is 2.88. The van der Waals surface area contributed by atoms with Gasteiger partial charge in [0.05, 0.1) is 12.2 Å². The first-order chi connectivity index (χ1) is 9.74. The topological polar surface area (TPSA) is 34.1 Å². The van der Waals surface area contributed by atoms with Crippen LogP contribution < -0.4 is 10.1 Å². The highest BCUT2D eigenvalue weighted by molar-refractivity contribution is 9.11. The van der Waals surface area contributed by atoms with Crippen LogP contribution in [0.5, 0.6) is 5.75 Å². The summed E-state index contributed by atoms with van der Waals surface area (Å²) in [5.41, 5.74) is 0.194. The minimum atomic E-state index is -4.77. The number of hydrogen-bond donors (Lipinski definition) is 1. The van der Waals surface area contributed by atoms with E-state index in [1.807, 2.05) is 0 Å². The number of anilines is 1. The third-order valence-electron chi connectivity index (χ3n) is 2.21. The van der Waals surface area contributed by atoms with Crippen LogP contribution in [0.15, 0.2) is 27.3 Å². The smallest absolute Gasteiger partial charge is 0.403 e. The summed E-state index contributed by atoms with van der Waals surface area (Å²) < 4.78 is 42.6. The number of hydrogen-bond acceptors (Lipinski definition) is 4. The Labute approximate surface area is 143 Å². The van der Waals surface area contributed by atoms with E-state index in [0.717, 1.165) is 4.88 Å². The van der Waals surface area contributed by atoms with Gasteiger partial charge >= 0.3 is 6.36 Å². The number of thiazole rings is 1. The first-order valence-corrected chi connectivity index (χ1v) is 8.11. The van der Waals surface area contributed by atoms with Crippen molar-refractivity contribution in [2.75, 3.05) is 5.32 Å². The molecule has 1 aromatic carbocycles. The van der Waals surface area contributed by atoms with Gasteiger partial charge in [0.25, 0.3) is 0 Å². The van der Waals surface area contributed by atoms with Gasteiger partial charge in [0.15, 0.2) is 10.2 Å². The van der Waals surface area contributed by atoms with Gasteiger partial charge in [0, 0.05) is 20.0 Å².